The molecule has 0 aliphatic heterocycles. The number of rotatable bonds is 6. The number of ether oxygens (including phenoxy) is 1. The van der Waals surface area contributed by atoms with Crippen LogP contribution in [0, 0.1) is 4.91 Å². The van der Waals surface area contributed by atoms with Crippen LogP contribution in [0.3, 0.4) is 0 Å². The summed E-state index contributed by atoms with van der Waals surface area (Å²) in [6, 6.07) is 9.68. The maximum atomic E-state index is 11.7. The zero-order valence-electron chi connectivity index (χ0n) is 12.0. The maximum absolute atomic E-state index is 11.7. The third-order valence-electron chi connectivity index (χ3n) is 2.67. The summed E-state index contributed by atoms with van der Waals surface area (Å²) in [5.74, 6) is -1.03. The summed E-state index contributed by atoms with van der Waals surface area (Å²) in [6.07, 6.45) is 2.81. The van der Waals surface area contributed by atoms with Crippen LogP contribution in [0.15, 0.2) is 46.7 Å². The van der Waals surface area contributed by atoms with E-state index in [0.29, 0.717) is 12.2 Å². The quantitative estimate of drug-likeness (QED) is 0.464. The van der Waals surface area contributed by atoms with E-state index in [4.69, 9.17) is 4.74 Å². The van der Waals surface area contributed by atoms with Gasteiger partial charge >= 0.3 is 5.97 Å². The molecular formula is C15H14N4O3. The molecule has 112 valence electrons. The molecule has 0 unspecified atom stereocenters. The van der Waals surface area contributed by atoms with Gasteiger partial charge in [-0.15, -0.1) is 4.91 Å². The molecule has 1 heterocycles. The molecule has 0 bridgehead atoms. The Morgan fingerprint density at radius 1 is 1.32 bits per heavy atom. The highest BCUT2D eigenvalue weighted by Crippen LogP contribution is 2.14. The van der Waals surface area contributed by atoms with Crippen molar-refractivity contribution in [2.75, 3.05) is 6.61 Å². The van der Waals surface area contributed by atoms with Crippen LogP contribution in [-0.4, -0.2) is 28.8 Å². The fraction of sp³-hybridized carbons (Fsp3) is 0.200. The van der Waals surface area contributed by atoms with Gasteiger partial charge in [0.2, 0.25) is 5.82 Å². The van der Waals surface area contributed by atoms with E-state index in [1.165, 1.54) is 12.4 Å². The van der Waals surface area contributed by atoms with Crippen molar-refractivity contribution in [1.82, 2.24) is 9.97 Å². The Morgan fingerprint density at radius 3 is 2.77 bits per heavy atom. The van der Waals surface area contributed by atoms with Crippen molar-refractivity contribution in [3.63, 3.8) is 0 Å². The van der Waals surface area contributed by atoms with Gasteiger partial charge in [0.25, 0.3) is 0 Å². The maximum Gasteiger partial charge on any atom is 0.361 e. The lowest BCUT2D eigenvalue weighted by atomic mass is 10.2. The van der Waals surface area contributed by atoms with E-state index < -0.39 is 5.97 Å². The van der Waals surface area contributed by atoms with Gasteiger partial charge in [0, 0.05) is 6.21 Å². The van der Waals surface area contributed by atoms with Crippen molar-refractivity contribution in [1.29, 1.82) is 0 Å². The number of carbonyl (C=O) groups excluding carboxylic acids is 1. The predicted octanol–water partition coefficient (Wildman–Crippen LogP) is 2.67. The molecule has 0 saturated carbocycles. The number of aromatic nitrogens is 2. The van der Waals surface area contributed by atoms with Gasteiger partial charge in [-0.05, 0) is 17.7 Å². The zero-order chi connectivity index (χ0) is 15.8. The van der Waals surface area contributed by atoms with Crippen molar-refractivity contribution in [3.8, 4) is 0 Å². The van der Waals surface area contributed by atoms with Crippen LogP contribution in [0.5, 0.6) is 0 Å². The number of benzene rings is 1. The molecule has 22 heavy (non-hydrogen) atoms. The van der Waals surface area contributed by atoms with Gasteiger partial charge in [0.1, 0.15) is 5.69 Å². The van der Waals surface area contributed by atoms with E-state index in [1.54, 1.807) is 6.92 Å². The van der Waals surface area contributed by atoms with Gasteiger partial charge in [-0.3, -0.25) is 4.99 Å². The second-order valence-electron chi connectivity index (χ2n) is 4.23. The SMILES string of the molecule is CCOC(=O)c1nc(C=NCc2ccccc2)cnc1N=O. The smallest absolute Gasteiger partial charge is 0.361 e. The molecular weight excluding hydrogens is 284 g/mol. The van der Waals surface area contributed by atoms with E-state index in [9.17, 15) is 9.70 Å². The summed E-state index contributed by atoms with van der Waals surface area (Å²) in [5, 5.41) is 2.67. The second kappa shape index (κ2) is 7.72. The molecule has 2 aromatic rings. The zero-order valence-corrected chi connectivity index (χ0v) is 12.0. The molecule has 0 saturated heterocycles. The highest BCUT2D eigenvalue weighted by Gasteiger charge is 2.17. The van der Waals surface area contributed by atoms with Crippen LogP contribution in [0.1, 0.15) is 28.7 Å². The Hall–Kier alpha value is -2.96. The molecule has 0 aliphatic carbocycles. The lowest BCUT2D eigenvalue weighted by Crippen LogP contribution is -2.09. The van der Waals surface area contributed by atoms with Crippen LogP contribution < -0.4 is 0 Å². The summed E-state index contributed by atoms with van der Waals surface area (Å²) in [4.78, 5) is 34.4. The molecule has 7 nitrogen and oxygen atoms in total. The molecule has 0 spiro atoms. The van der Waals surface area contributed by atoms with Crippen molar-refractivity contribution in [2.45, 2.75) is 13.5 Å². The van der Waals surface area contributed by atoms with Crippen molar-refractivity contribution >= 4 is 18.0 Å². The van der Waals surface area contributed by atoms with E-state index in [0.717, 1.165) is 5.56 Å². The first kappa shape index (κ1) is 15.4. The number of aliphatic imine (C=N–C) groups is 1. The Balaban J connectivity index is 2.16. The van der Waals surface area contributed by atoms with Crippen LogP contribution in [-0.2, 0) is 11.3 Å². The molecule has 0 atom stereocenters. The number of esters is 1. The second-order valence-corrected chi connectivity index (χ2v) is 4.23. The Bertz CT molecular complexity index is 686. The fourth-order valence-electron chi connectivity index (χ4n) is 1.69. The Labute approximate surface area is 127 Å². The van der Waals surface area contributed by atoms with Crippen LogP contribution >= 0.6 is 0 Å². The Morgan fingerprint density at radius 2 is 2.09 bits per heavy atom. The lowest BCUT2D eigenvalue weighted by molar-refractivity contribution is 0.0520. The van der Waals surface area contributed by atoms with Gasteiger partial charge in [0.15, 0.2) is 5.69 Å². The fourth-order valence-corrected chi connectivity index (χ4v) is 1.69. The van der Waals surface area contributed by atoms with E-state index in [1.807, 2.05) is 30.3 Å². The molecule has 0 radical (unpaired) electrons. The van der Waals surface area contributed by atoms with E-state index in [2.05, 4.69) is 20.1 Å². The summed E-state index contributed by atoms with van der Waals surface area (Å²) in [7, 11) is 0. The summed E-state index contributed by atoms with van der Waals surface area (Å²) >= 11 is 0. The first-order chi connectivity index (χ1) is 10.7. The van der Waals surface area contributed by atoms with Gasteiger partial charge in [-0.1, -0.05) is 30.3 Å². The minimum atomic E-state index is -0.733. The van der Waals surface area contributed by atoms with Gasteiger partial charge in [-0.25, -0.2) is 14.8 Å². The summed E-state index contributed by atoms with van der Waals surface area (Å²) in [6.45, 7) is 2.31. The largest absolute Gasteiger partial charge is 0.461 e. The van der Waals surface area contributed by atoms with Crippen molar-refractivity contribution in [2.24, 2.45) is 10.2 Å². The average Bonchev–Trinajstić information content (AvgIpc) is 2.56. The number of hydrogen-bond acceptors (Lipinski definition) is 7. The molecule has 1 aromatic carbocycles. The normalized spacial score (nSPS) is 10.6. The third-order valence-corrected chi connectivity index (χ3v) is 2.67. The van der Waals surface area contributed by atoms with Gasteiger partial charge in [0.05, 0.1) is 19.3 Å². The third kappa shape index (κ3) is 4.02. The number of nitroso groups, excluding NO2 is 1. The lowest BCUT2D eigenvalue weighted by Gasteiger charge is -2.02. The number of nitrogens with zero attached hydrogens (tertiary/aromatic N) is 4. The molecule has 7 heteroatoms. The molecule has 1 aromatic heterocycles. The van der Waals surface area contributed by atoms with Crippen LogP contribution in [0.2, 0.25) is 0 Å². The highest BCUT2D eigenvalue weighted by atomic mass is 16.5. The standard InChI is InChI=1S/C15H14N4O3/c1-2-22-15(20)13-14(19-21)17-10-12(18-13)9-16-8-11-6-4-3-5-7-11/h3-7,9-10H,2,8H2,1H3. The average molecular weight is 298 g/mol. The minimum absolute atomic E-state index is 0.172. The van der Waals surface area contributed by atoms with Gasteiger partial charge < -0.3 is 4.74 Å². The minimum Gasteiger partial charge on any atom is -0.461 e. The molecule has 2 rings (SSSR count). The number of carbonyl (C=O) groups is 1. The highest BCUT2D eigenvalue weighted by molar-refractivity contribution is 5.92. The molecule has 0 N–H and O–H groups in total. The first-order valence-electron chi connectivity index (χ1n) is 6.66. The number of hydrogen-bond donors (Lipinski definition) is 0. The predicted molar refractivity (Wildman–Crippen MR) is 81.2 cm³/mol. The van der Waals surface area contributed by atoms with E-state index in [-0.39, 0.29) is 18.1 Å². The Kier molecular flexibility index (Phi) is 5.42. The first-order valence-corrected chi connectivity index (χ1v) is 6.66. The van der Waals surface area contributed by atoms with E-state index >= 15 is 0 Å². The van der Waals surface area contributed by atoms with Crippen molar-refractivity contribution < 1.29 is 9.53 Å². The molecule has 0 aliphatic rings. The molecule has 0 amide bonds. The summed E-state index contributed by atoms with van der Waals surface area (Å²) in [5.41, 5.74) is 1.19. The van der Waals surface area contributed by atoms with Crippen molar-refractivity contribution in [3.05, 3.63) is 58.4 Å². The monoisotopic (exact) mass is 298 g/mol. The van der Waals surface area contributed by atoms with Gasteiger partial charge in [-0.2, -0.15) is 0 Å². The summed E-state index contributed by atoms with van der Waals surface area (Å²) < 4.78 is 4.81. The molecule has 0 fully saturated rings. The topological polar surface area (TPSA) is 93.9 Å². The van der Waals surface area contributed by atoms with Crippen LogP contribution in [0.25, 0.3) is 0 Å². The van der Waals surface area contributed by atoms with Crippen LogP contribution in [0.4, 0.5) is 5.82 Å².